The second-order valence-corrected chi connectivity index (χ2v) is 2.53. The standard InChI is InChI=1S/C6H9F3N2/c1-4-10-5(3-11(4)2)6(7,8)9/h3-4,10H,1-2H3. The average molecular weight is 166 g/mol. The minimum absolute atomic E-state index is 0.272. The van der Waals surface area contributed by atoms with Crippen LogP contribution in [0.15, 0.2) is 11.9 Å². The highest BCUT2D eigenvalue weighted by molar-refractivity contribution is 5.11. The average Bonchev–Trinajstić information content (AvgIpc) is 2.11. The van der Waals surface area contributed by atoms with Gasteiger partial charge in [-0.2, -0.15) is 13.2 Å². The van der Waals surface area contributed by atoms with Crippen molar-refractivity contribution in [3.8, 4) is 0 Å². The maximum atomic E-state index is 11.9. The number of hydrogen-bond acceptors (Lipinski definition) is 2. The molecule has 1 atom stereocenters. The van der Waals surface area contributed by atoms with Crippen LogP contribution in [0.2, 0.25) is 0 Å². The van der Waals surface area contributed by atoms with Gasteiger partial charge in [0.05, 0.1) is 6.17 Å². The van der Waals surface area contributed by atoms with Crippen LogP contribution in [0.3, 0.4) is 0 Å². The molecule has 0 amide bonds. The maximum absolute atomic E-state index is 11.9. The third kappa shape index (κ3) is 1.58. The molecule has 11 heavy (non-hydrogen) atoms. The molecule has 0 aromatic heterocycles. The van der Waals surface area contributed by atoms with E-state index in [2.05, 4.69) is 5.32 Å². The van der Waals surface area contributed by atoms with Gasteiger partial charge in [-0.25, -0.2) is 0 Å². The van der Waals surface area contributed by atoms with E-state index < -0.39 is 11.9 Å². The highest BCUT2D eigenvalue weighted by atomic mass is 19.4. The Morgan fingerprint density at radius 3 is 2.27 bits per heavy atom. The zero-order valence-corrected chi connectivity index (χ0v) is 6.24. The molecule has 1 unspecified atom stereocenters. The van der Waals surface area contributed by atoms with E-state index in [9.17, 15) is 13.2 Å². The predicted octanol–water partition coefficient (Wildman–Crippen LogP) is 1.27. The van der Waals surface area contributed by atoms with Gasteiger partial charge in [0.1, 0.15) is 5.70 Å². The van der Waals surface area contributed by atoms with Crippen LogP contribution in [0.5, 0.6) is 0 Å². The first-order chi connectivity index (χ1) is 4.91. The lowest BCUT2D eigenvalue weighted by Gasteiger charge is -2.15. The van der Waals surface area contributed by atoms with Crippen molar-refractivity contribution in [2.45, 2.75) is 19.3 Å². The largest absolute Gasteiger partial charge is 0.432 e. The van der Waals surface area contributed by atoms with E-state index in [4.69, 9.17) is 0 Å². The monoisotopic (exact) mass is 166 g/mol. The van der Waals surface area contributed by atoms with Crippen molar-refractivity contribution in [2.75, 3.05) is 7.05 Å². The highest BCUT2D eigenvalue weighted by Gasteiger charge is 2.38. The molecule has 1 rings (SSSR count). The molecule has 0 fully saturated rings. The fraction of sp³-hybridized carbons (Fsp3) is 0.667. The topological polar surface area (TPSA) is 15.3 Å². The summed E-state index contributed by atoms with van der Waals surface area (Å²) < 4.78 is 35.8. The van der Waals surface area contributed by atoms with Gasteiger partial charge in [0.15, 0.2) is 0 Å². The number of hydrogen-bond donors (Lipinski definition) is 1. The van der Waals surface area contributed by atoms with Crippen LogP contribution >= 0.6 is 0 Å². The summed E-state index contributed by atoms with van der Waals surface area (Å²) >= 11 is 0. The van der Waals surface area contributed by atoms with E-state index in [-0.39, 0.29) is 6.17 Å². The van der Waals surface area contributed by atoms with Crippen LogP contribution in [0.4, 0.5) is 13.2 Å². The van der Waals surface area contributed by atoms with E-state index in [0.29, 0.717) is 0 Å². The molecular weight excluding hydrogens is 157 g/mol. The van der Waals surface area contributed by atoms with Gasteiger partial charge in [0, 0.05) is 13.2 Å². The first-order valence-electron chi connectivity index (χ1n) is 3.19. The molecule has 1 N–H and O–H groups in total. The quantitative estimate of drug-likeness (QED) is 0.583. The molecule has 0 spiro atoms. The molecule has 0 saturated carbocycles. The van der Waals surface area contributed by atoms with Crippen LogP contribution in [0.25, 0.3) is 0 Å². The lowest BCUT2D eigenvalue weighted by atomic mass is 10.5. The zero-order valence-electron chi connectivity index (χ0n) is 6.24. The molecule has 0 aromatic rings. The molecule has 0 aliphatic carbocycles. The summed E-state index contributed by atoms with van der Waals surface area (Å²) in [5.41, 5.74) is -0.674. The van der Waals surface area contributed by atoms with Crippen molar-refractivity contribution >= 4 is 0 Å². The van der Waals surface area contributed by atoms with E-state index in [1.807, 2.05) is 0 Å². The Kier molecular flexibility index (Phi) is 1.74. The minimum Gasteiger partial charge on any atom is -0.360 e. The fourth-order valence-corrected chi connectivity index (χ4v) is 0.835. The molecule has 1 heterocycles. The lowest BCUT2D eigenvalue weighted by molar-refractivity contribution is -0.0962. The van der Waals surface area contributed by atoms with Gasteiger partial charge in [-0.15, -0.1) is 0 Å². The Hall–Kier alpha value is -0.870. The minimum atomic E-state index is -4.25. The summed E-state index contributed by atoms with van der Waals surface area (Å²) in [6, 6.07) is 0. The molecule has 0 aromatic carbocycles. The molecule has 0 saturated heterocycles. The van der Waals surface area contributed by atoms with Crippen LogP contribution < -0.4 is 5.32 Å². The highest BCUT2D eigenvalue weighted by Crippen LogP contribution is 2.27. The van der Waals surface area contributed by atoms with Gasteiger partial charge in [0.25, 0.3) is 0 Å². The summed E-state index contributed by atoms with van der Waals surface area (Å²) in [4.78, 5) is 1.48. The summed E-state index contributed by atoms with van der Waals surface area (Å²) in [6.07, 6.45) is -3.46. The number of rotatable bonds is 0. The SMILES string of the molecule is CC1NC(C(F)(F)F)=CN1C. The Morgan fingerprint density at radius 1 is 1.55 bits per heavy atom. The van der Waals surface area contributed by atoms with Crippen molar-refractivity contribution in [2.24, 2.45) is 0 Å². The van der Waals surface area contributed by atoms with E-state index >= 15 is 0 Å². The number of allylic oxidation sites excluding steroid dienone is 1. The summed E-state index contributed by atoms with van der Waals surface area (Å²) in [7, 11) is 1.59. The van der Waals surface area contributed by atoms with E-state index in [0.717, 1.165) is 6.20 Å². The molecule has 5 heteroatoms. The smallest absolute Gasteiger partial charge is 0.360 e. The van der Waals surface area contributed by atoms with Crippen molar-refractivity contribution in [1.82, 2.24) is 10.2 Å². The Morgan fingerprint density at radius 2 is 2.09 bits per heavy atom. The second-order valence-electron chi connectivity index (χ2n) is 2.53. The van der Waals surface area contributed by atoms with Gasteiger partial charge in [-0.05, 0) is 6.92 Å². The third-order valence-corrected chi connectivity index (χ3v) is 1.61. The zero-order chi connectivity index (χ0) is 8.65. The fourth-order valence-electron chi connectivity index (χ4n) is 0.835. The van der Waals surface area contributed by atoms with Crippen molar-refractivity contribution in [3.63, 3.8) is 0 Å². The van der Waals surface area contributed by atoms with E-state index in [1.54, 1.807) is 14.0 Å². The van der Waals surface area contributed by atoms with Gasteiger partial charge >= 0.3 is 6.18 Å². The van der Waals surface area contributed by atoms with Crippen LogP contribution in [-0.4, -0.2) is 24.3 Å². The molecule has 64 valence electrons. The Labute approximate surface area is 62.7 Å². The van der Waals surface area contributed by atoms with Crippen LogP contribution in [-0.2, 0) is 0 Å². The Balaban J connectivity index is 2.71. The molecule has 0 radical (unpaired) electrons. The molecule has 0 bridgehead atoms. The first-order valence-corrected chi connectivity index (χ1v) is 3.19. The Bertz CT molecular complexity index is 185. The van der Waals surface area contributed by atoms with Crippen LogP contribution in [0.1, 0.15) is 6.92 Å². The normalized spacial score (nSPS) is 25.0. The number of nitrogens with zero attached hydrogens (tertiary/aromatic N) is 1. The lowest BCUT2D eigenvalue weighted by Crippen LogP contribution is -2.33. The molecular formula is C6H9F3N2. The van der Waals surface area contributed by atoms with E-state index in [1.165, 1.54) is 4.90 Å². The van der Waals surface area contributed by atoms with Gasteiger partial charge in [0.2, 0.25) is 0 Å². The van der Waals surface area contributed by atoms with Crippen molar-refractivity contribution in [1.29, 1.82) is 0 Å². The van der Waals surface area contributed by atoms with Crippen LogP contribution in [0, 0.1) is 0 Å². The maximum Gasteiger partial charge on any atom is 0.432 e. The number of halogens is 3. The predicted molar refractivity (Wildman–Crippen MR) is 34.5 cm³/mol. The number of nitrogens with one attached hydrogen (secondary N) is 1. The summed E-state index contributed by atoms with van der Waals surface area (Å²) in [6.45, 7) is 1.66. The number of alkyl halides is 3. The molecule has 2 nitrogen and oxygen atoms in total. The second kappa shape index (κ2) is 2.32. The summed E-state index contributed by atoms with van der Waals surface area (Å²) in [5, 5.41) is 2.31. The first kappa shape index (κ1) is 8.23. The van der Waals surface area contributed by atoms with Gasteiger partial charge in [-0.1, -0.05) is 0 Å². The third-order valence-electron chi connectivity index (χ3n) is 1.61. The van der Waals surface area contributed by atoms with Gasteiger partial charge < -0.3 is 10.2 Å². The summed E-state index contributed by atoms with van der Waals surface area (Å²) in [5.74, 6) is 0. The molecule has 1 aliphatic heterocycles. The molecule has 1 aliphatic rings. The van der Waals surface area contributed by atoms with Crippen molar-refractivity contribution in [3.05, 3.63) is 11.9 Å². The van der Waals surface area contributed by atoms with Crippen molar-refractivity contribution < 1.29 is 13.2 Å². The van der Waals surface area contributed by atoms with Gasteiger partial charge in [-0.3, -0.25) is 0 Å².